The van der Waals surface area contributed by atoms with Gasteiger partial charge in [-0.05, 0) is 29.6 Å². The highest BCUT2D eigenvalue weighted by Gasteiger charge is 2.55. The van der Waals surface area contributed by atoms with Crippen molar-refractivity contribution in [3.63, 3.8) is 0 Å². The number of amides is 2. The lowest BCUT2D eigenvalue weighted by atomic mass is 9.88. The Labute approximate surface area is 220 Å². The molecule has 1 heterocycles. The second kappa shape index (κ2) is 15.1. The first-order chi connectivity index (χ1) is 17.6. The van der Waals surface area contributed by atoms with Gasteiger partial charge in [0, 0.05) is 26.0 Å². The molecule has 1 aromatic carbocycles. The molecule has 2 amide bonds. The van der Waals surface area contributed by atoms with Gasteiger partial charge in [-0.15, -0.1) is 0 Å². The average Bonchev–Trinajstić information content (AvgIpc) is 2.87. The number of carboxylic acids is 1. The second-order valence-electron chi connectivity index (χ2n) is 8.58. The number of thioether (sulfide) groups is 1. The van der Waals surface area contributed by atoms with E-state index in [2.05, 4.69) is 10.6 Å². The lowest BCUT2D eigenvalue weighted by Crippen LogP contribution is -2.68. The van der Waals surface area contributed by atoms with Gasteiger partial charge in [-0.3, -0.25) is 9.59 Å². The number of aliphatic hydroxyl groups is 3. The highest BCUT2D eigenvalue weighted by atomic mass is 32.2. The van der Waals surface area contributed by atoms with Crippen molar-refractivity contribution < 1.29 is 44.3 Å². The van der Waals surface area contributed by atoms with Crippen molar-refractivity contribution in [3.8, 4) is 0 Å². The number of aliphatic carboxylic acids is 1. The molecule has 6 N–H and O–H groups in total. The van der Waals surface area contributed by atoms with E-state index in [0.29, 0.717) is 6.42 Å². The SMILES string of the molecule is CCSCCCO[C@]1(C(=O)O)C[C@H](O)[C@@H](NC(C)=O)C([C@H](O)[C@H](O)CNC(=O)/C=C/c2ccccc2)O1. The van der Waals surface area contributed by atoms with Gasteiger partial charge in [0.15, 0.2) is 0 Å². The molecule has 1 unspecified atom stereocenters. The standard InChI is InChI=1S/C25H36N2O9S/c1-3-37-13-7-12-35-25(24(33)34)14-18(29)21(27-16(2)28)23(36-25)22(32)19(30)15-26-20(31)11-10-17-8-5-4-6-9-17/h4-6,8-11,18-19,21-23,29-30,32H,3,7,12-15H2,1-2H3,(H,26,31)(H,27,28)(H,33,34)/b11-10+/t18-,19+,21+,22+,23?,25+/m0/s1. The molecule has 0 saturated carbocycles. The van der Waals surface area contributed by atoms with Crippen LogP contribution < -0.4 is 10.6 Å². The molecule has 206 valence electrons. The van der Waals surface area contributed by atoms with Crippen LogP contribution >= 0.6 is 11.8 Å². The minimum atomic E-state index is -2.29. The van der Waals surface area contributed by atoms with Crippen molar-refractivity contribution in [2.45, 2.75) is 62.9 Å². The van der Waals surface area contributed by atoms with Gasteiger partial charge < -0.3 is 40.5 Å². The van der Waals surface area contributed by atoms with Crippen LogP contribution in [0.15, 0.2) is 36.4 Å². The normalized spacial score (nSPS) is 25.4. The summed E-state index contributed by atoms with van der Waals surface area (Å²) in [6, 6.07) is 7.83. The zero-order valence-electron chi connectivity index (χ0n) is 20.9. The third-order valence-electron chi connectivity index (χ3n) is 5.68. The Kier molecular flexibility index (Phi) is 12.5. The third kappa shape index (κ3) is 9.40. The summed E-state index contributed by atoms with van der Waals surface area (Å²) in [5, 5.41) is 46.9. The minimum Gasteiger partial charge on any atom is -0.477 e. The largest absolute Gasteiger partial charge is 0.477 e. The summed E-state index contributed by atoms with van der Waals surface area (Å²) in [4.78, 5) is 36.0. The van der Waals surface area contributed by atoms with Crippen molar-refractivity contribution in [2.24, 2.45) is 0 Å². The molecule has 12 heteroatoms. The molecule has 37 heavy (non-hydrogen) atoms. The van der Waals surface area contributed by atoms with E-state index in [9.17, 15) is 34.8 Å². The van der Waals surface area contributed by atoms with Crippen LogP contribution in [0.5, 0.6) is 0 Å². The van der Waals surface area contributed by atoms with Crippen LogP contribution in [0.4, 0.5) is 0 Å². The van der Waals surface area contributed by atoms with E-state index >= 15 is 0 Å². The number of hydrogen-bond acceptors (Lipinski definition) is 9. The molecular formula is C25H36N2O9S. The molecule has 1 aliphatic rings. The number of carboxylic acid groups (broad SMARTS) is 1. The summed E-state index contributed by atoms with van der Waals surface area (Å²) in [7, 11) is 0. The molecule has 2 rings (SSSR count). The van der Waals surface area contributed by atoms with Gasteiger partial charge >= 0.3 is 5.97 Å². The van der Waals surface area contributed by atoms with E-state index in [4.69, 9.17) is 9.47 Å². The van der Waals surface area contributed by atoms with Crippen molar-refractivity contribution in [1.82, 2.24) is 10.6 Å². The molecule has 0 bridgehead atoms. The van der Waals surface area contributed by atoms with Gasteiger partial charge in [-0.25, -0.2) is 4.79 Å². The first-order valence-corrected chi connectivity index (χ1v) is 13.2. The van der Waals surface area contributed by atoms with Crippen molar-refractivity contribution in [3.05, 3.63) is 42.0 Å². The number of carbonyl (C=O) groups is 3. The maximum atomic E-state index is 12.2. The monoisotopic (exact) mass is 540 g/mol. The van der Waals surface area contributed by atoms with Crippen LogP contribution in [0.1, 0.15) is 32.3 Å². The van der Waals surface area contributed by atoms with Gasteiger partial charge in [-0.1, -0.05) is 37.3 Å². The molecule has 0 aromatic heterocycles. The van der Waals surface area contributed by atoms with Gasteiger partial charge in [0.05, 0.1) is 24.9 Å². The summed E-state index contributed by atoms with van der Waals surface area (Å²) in [5.74, 6) is -3.28. The number of benzene rings is 1. The fourth-order valence-corrected chi connectivity index (χ4v) is 4.44. The van der Waals surface area contributed by atoms with Gasteiger partial charge in [0.1, 0.15) is 12.2 Å². The number of aliphatic hydroxyl groups excluding tert-OH is 3. The number of nitrogens with one attached hydrogen (secondary N) is 2. The molecule has 1 saturated heterocycles. The highest BCUT2D eigenvalue weighted by Crippen LogP contribution is 2.33. The summed E-state index contributed by atoms with van der Waals surface area (Å²) < 4.78 is 11.2. The summed E-state index contributed by atoms with van der Waals surface area (Å²) in [6.07, 6.45) is -3.57. The zero-order chi connectivity index (χ0) is 27.4. The van der Waals surface area contributed by atoms with Crippen LogP contribution in [0.3, 0.4) is 0 Å². The molecule has 1 aliphatic heterocycles. The molecule has 1 aromatic rings. The molecule has 11 nitrogen and oxygen atoms in total. The lowest BCUT2D eigenvalue weighted by molar-refractivity contribution is -0.310. The molecule has 6 atom stereocenters. The topological polar surface area (TPSA) is 175 Å². The Morgan fingerprint density at radius 2 is 1.97 bits per heavy atom. The second-order valence-corrected chi connectivity index (χ2v) is 9.98. The fraction of sp³-hybridized carbons (Fsp3) is 0.560. The fourth-order valence-electron chi connectivity index (χ4n) is 3.83. The first-order valence-electron chi connectivity index (χ1n) is 12.0. The van der Waals surface area contributed by atoms with E-state index in [1.54, 1.807) is 30.0 Å². The minimum absolute atomic E-state index is 0.0198. The summed E-state index contributed by atoms with van der Waals surface area (Å²) in [5.41, 5.74) is 0.791. The van der Waals surface area contributed by atoms with E-state index in [-0.39, 0.29) is 6.61 Å². The number of ether oxygens (including phenoxy) is 2. The smallest absolute Gasteiger partial charge is 0.364 e. The van der Waals surface area contributed by atoms with E-state index < -0.39 is 67.0 Å². The van der Waals surface area contributed by atoms with Gasteiger partial charge in [-0.2, -0.15) is 11.8 Å². The van der Waals surface area contributed by atoms with E-state index in [1.165, 1.54) is 13.0 Å². The number of rotatable bonds is 14. The summed E-state index contributed by atoms with van der Waals surface area (Å²) in [6.45, 7) is 2.79. The Bertz CT molecular complexity index is 917. The van der Waals surface area contributed by atoms with Crippen LogP contribution in [-0.2, 0) is 23.9 Å². The average molecular weight is 541 g/mol. The Balaban J connectivity index is 2.11. The first kappa shape index (κ1) is 30.7. The molecule has 0 radical (unpaired) electrons. The molecule has 0 aliphatic carbocycles. The highest BCUT2D eigenvalue weighted by molar-refractivity contribution is 7.99. The van der Waals surface area contributed by atoms with Crippen LogP contribution in [-0.4, -0.2) is 99.1 Å². The Hall–Kier alpha value is -2.48. The predicted octanol–water partition coefficient (Wildman–Crippen LogP) is 0.133. The molecule has 0 spiro atoms. The van der Waals surface area contributed by atoms with E-state index in [0.717, 1.165) is 17.1 Å². The van der Waals surface area contributed by atoms with Crippen LogP contribution in [0.2, 0.25) is 0 Å². The maximum Gasteiger partial charge on any atom is 0.364 e. The van der Waals surface area contributed by atoms with Crippen molar-refractivity contribution >= 4 is 35.6 Å². The number of carbonyl (C=O) groups excluding carboxylic acids is 2. The Morgan fingerprint density at radius 1 is 1.27 bits per heavy atom. The van der Waals surface area contributed by atoms with Crippen molar-refractivity contribution in [2.75, 3.05) is 24.7 Å². The van der Waals surface area contributed by atoms with Gasteiger partial charge in [0.2, 0.25) is 11.8 Å². The zero-order valence-corrected chi connectivity index (χ0v) is 21.7. The molecular weight excluding hydrogens is 504 g/mol. The van der Waals surface area contributed by atoms with Crippen molar-refractivity contribution in [1.29, 1.82) is 0 Å². The maximum absolute atomic E-state index is 12.2. The van der Waals surface area contributed by atoms with Crippen LogP contribution in [0.25, 0.3) is 6.08 Å². The third-order valence-corrected chi connectivity index (χ3v) is 6.67. The van der Waals surface area contributed by atoms with Gasteiger partial charge in [0.25, 0.3) is 5.79 Å². The molecule has 1 fully saturated rings. The predicted molar refractivity (Wildman–Crippen MR) is 138 cm³/mol. The van der Waals surface area contributed by atoms with E-state index in [1.807, 2.05) is 25.1 Å². The van der Waals surface area contributed by atoms with Crippen LogP contribution in [0, 0.1) is 0 Å². The lowest BCUT2D eigenvalue weighted by Gasteiger charge is -2.46. The number of hydrogen-bond donors (Lipinski definition) is 6. The Morgan fingerprint density at radius 3 is 2.59 bits per heavy atom. The summed E-state index contributed by atoms with van der Waals surface area (Å²) >= 11 is 1.65. The quantitative estimate of drug-likeness (QED) is 0.141.